The average molecular weight is 216 g/mol. The van der Waals surface area contributed by atoms with E-state index in [9.17, 15) is 20.1 Å². The van der Waals surface area contributed by atoms with Gasteiger partial charge in [0.1, 0.15) is 18.3 Å². The fourth-order valence-electron chi connectivity index (χ4n) is 1.51. The number of aliphatic hydroxyl groups excluding tert-OH is 3. The highest BCUT2D eigenvalue weighted by Crippen LogP contribution is 2.29. The normalized spacial score (nSPS) is 34.9. The Morgan fingerprint density at radius 2 is 1.93 bits per heavy atom. The lowest BCUT2D eigenvalue weighted by Gasteiger charge is -2.31. The monoisotopic (exact) mass is 216 g/mol. The van der Waals surface area contributed by atoms with Crippen LogP contribution in [0.15, 0.2) is 0 Å². The minimum absolute atomic E-state index is 0.180. The van der Waals surface area contributed by atoms with Gasteiger partial charge in [0.05, 0.1) is 0 Å². The van der Waals surface area contributed by atoms with E-state index in [0.717, 1.165) is 4.68 Å². The van der Waals surface area contributed by atoms with Crippen LogP contribution in [0.1, 0.15) is 18.0 Å². The zero-order valence-electron chi connectivity index (χ0n) is 7.30. The second-order valence-corrected chi connectivity index (χ2v) is 3.19. The Labute approximate surface area is 82.6 Å². The van der Waals surface area contributed by atoms with Crippen molar-refractivity contribution in [1.82, 2.24) is 20.2 Å². The zero-order valence-corrected chi connectivity index (χ0v) is 7.30. The molecule has 1 aromatic rings. The average Bonchev–Trinajstić information content (AvgIpc) is 2.62. The highest BCUT2D eigenvalue weighted by atomic mass is 16.4. The van der Waals surface area contributed by atoms with Gasteiger partial charge in [0, 0.05) is 0 Å². The lowest BCUT2D eigenvalue weighted by atomic mass is 9.96. The number of tetrazole rings is 1. The number of carbonyl (C=O) groups is 1. The number of rotatable bonds is 1. The lowest BCUT2D eigenvalue weighted by molar-refractivity contribution is -0.157. The molecule has 2 heterocycles. The van der Waals surface area contributed by atoms with Crippen LogP contribution in [0.2, 0.25) is 0 Å². The molecule has 0 fully saturated rings. The Morgan fingerprint density at radius 1 is 1.27 bits per heavy atom. The molecule has 0 amide bonds. The summed E-state index contributed by atoms with van der Waals surface area (Å²) in [5.41, 5.74) is 0. The molecule has 4 atom stereocenters. The first kappa shape index (κ1) is 9.96. The van der Waals surface area contributed by atoms with Crippen molar-refractivity contribution >= 4 is 5.97 Å². The van der Waals surface area contributed by atoms with Gasteiger partial charge < -0.3 is 20.4 Å². The molecular weight excluding hydrogens is 208 g/mol. The summed E-state index contributed by atoms with van der Waals surface area (Å²) in [6.07, 6.45) is -4.77. The molecule has 9 nitrogen and oxygen atoms in total. The first-order valence-electron chi connectivity index (χ1n) is 4.09. The number of aliphatic hydroxyl groups is 3. The van der Waals surface area contributed by atoms with Crippen molar-refractivity contribution in [3.05, 3.63) is 5.82 Å². The highest BCUT2D eigenvalue weighted by Gasteiger charge is 2.46. The third-order valence-corrected chi connectivity index (χ3v) is 2.30. The maximum atomic E-state index is 10.8. The number of carboxylic acids is 1. The van der Waals surface area contributed by atoms with E-state index in [4.69, 9.17) is 5.11 Å². The molecule has 0 saturated carbocycles. The van der Waals surface area contributed by atoms with Crippen LogP contribution in [-0.2, 0) is 4.79 Å². The number of fused-ring (bicyclic) bond motifs is 1. The summed E-state index contributed by atoms with van der Waals surface area (Å²) in [5.74, 6) is -1.57. The van der Waals surface area contributed by atoms with Gasteiger partial charge in [-0.15, -0.1) is 5.10 Å². The van der Waals surface area contributed by atoms with Crippen LogP contribution in [0.25, 0.3) is 0 Å². The van der Waals surface area contributed by atoms with Gasteiger partial charge in [0.2, 0.25) is 0 Å². The maximum absolute atomic E-state index is 10.8. The Morgan fingerprint density at radius 3 is 2.53 bits per heavy atom. The molecule has 0 unspecified atom stereocenters. The van der Waals surface area contributed by atoms with Crippen LogP contribution in [0.5, 0.6) is 0 Å². The Kier molecular flexibility index (Phi) is 2.14. The molecule has 2 rings (SSSR count). The Hall–Kier alpha value is -1.58. The van der Waals surface area contributed by atoms with Crippen LogP contribution in [0, 0.1) is 0 Å². The second kappa shape index (κ2) is 3.22. The van der Waals surface area contributed by atoms with Gasteiger partial charge in [0.25, 0.3) is 0 Å². The van der Waals surface area contributed by atoms with E-state index < -0.39 is 30.3 Å². The van der Waals surface area contributed by atoms with Gasteiger partial charge >= 0.3 is 5.97 Å². The van der Waals surface area contributed by atoms with Gasteiger partial charge in [-0.3, -0.25) is 0 Å². The number of carboxylic acid groups (broad SMARTS) is 1. The molecule has 82 valence electrons. The zero-order chi connectivity index (χ0) is 11.2. The van der Waals surface area contributed by atoms with Crippen LogP contribution >= 0.6 is 0 Å². The number of aliphatic carboxylic acids is 1. The summed E-state index contributed by atoms with van der Waals surface area (Å²) in [6.45, 7) is 0. The standard InChI is InChI=1S/C6H8N4O5/c11-2-1(6(14)15)10-5(7-8-9-10)4(13)3(2)12/h1-4,11-13H,(H,14,15)/t1-,2-,3+,4-/m1/s1. The molecule has 0 radical (unpaired) electrons. The first-order valence-corrected chi connectivity index (χ1v) is 4.09. The summed E-state index contributed by atoms with van der Waals surface area (Å²) in [6, 6.07) is -1.49. The summed E-state index contributed by atoms with van der Waals surface area (Å²) in [4.78, 5) is 10.8. The predicted octanol–water partition coefficient (Wildman–Crippen LogP) is -2.93. The van der Waals surface area contributed by atoms with Gasteiger partial charge in [-0.1, -0.05) is 0 Å². The van der Waals surface area contributed by atoms with Crippen molar-refractivity contribution in [2.45, 2.75) is 24.4 Å². The third-order valence-electron chi connectivity index (χ3n) is 2.30. The molecule has 9 heteroatoms. The van der Waals surface area contributed by atoms with E-state index in [1.807, 2.05) is 0 Å². The summed E-state index contributed by atoms with van der Waals surface area (Å²) < 4.78 is 0.782. The Balaban J connectivity index is 2.51. The minimum atomic E-state index is -1.66. The van der Waals surface area contributed by atoms with Crippen molar-refractivity contribution in [1.29, 1.82) is 0 Å². The van der Waals surface area contributed by atoms with E-state index in [0.29, 0.717) is 0 Å². The van der Waals surface area contributed by atoms with E-state index in [1.54, 1.807) is 0 Å². The largest absolute Gasteiger partial charge is 0.480 e. The van der Waals surface area contributed by atoms with E-state index >= 15 is 0 Å². The van der Waals surface area contributed by atoms with Crippen molar-refractivity contribution in [3.8, 4) is 0 Å². The highest BCUT2D eigenvalue weighted by molar-refractivity contribution is 5.73. The van der Waals surface area contributed by atoms with Crippen molar-refractivity contribution in [3.63, 3.8) is 0 Å². The van der Waals surface area contributed by atoms with Crippen LogP contribution in [-0.4, -0.2) is 58.8 Å². The fourth-order valence-corrected chi connectivity index (χ4v) is 1.51. The lowest BCUT2D eigenvalue weighted by Crippen LogP contribution is -2.48. The number of hydrogen-bond donors (Lipinski definition) is 4. The number of nitrogens with zero attached hydrogens (tertiary/aromatic N) is 4. The topological polar surface area (TPSA) is 142 Å². The molecule has 1 aliphatic rings. The quantitative estimate of drug-likeness (QED) is 0.390. The minimum Gasteiger partial charge on any atom is -0.480 e. The molecule has 0 spiro atoms. The number of hydrogen-bond acceptors (Lipinski definition) is 7. The maximum Gasteiger partial charge on any atom is 0.331 e. The van der Waals surface area contributed by atoms with Crippen LogP contribution in [0.4, 0.5) is 0 Å². The summed E-state index contributed by atoms with van der Waals surface area (Å²) >= 11 is 0. The van der Waals surface area contributed by atoms with Gasteiger partial charge in [-0.2, -0.15) is 0 Å². The number of aromatic nitrogens is 4. The van der Waals surface area contributed by atoms with Crippen LogP contribution < -0.4 is 0 Å². The summed E-state index contributed by atoms with van der Waals surface area (Å²) in [7, 11) is 0. The van der Waals surface area contributed by atoms with E-state index in [2.05, 4.69) is 15.5 Å². The molecule has 0 bridgehead atoms. The van der Waals surface area contributed by atoms with Crippen molar-refractivity contribution in [2.24, 2.45) is 0 Å². The molecule has 1 aromatic heterocycles. The molecule has 0 aliphatic carbocycles. The van der Waals surface area contributed by atoms with E-state index in [-0.39, 0.29) is 5.82 Å². The molecular formula is C6H8N4O5. The molecule has 0 aromatic carbocycles. The third kappa shape index (κ3) is 1.28. The SMILES string of the molecule is O=C(O)[C@H]1[C@@H](O)[C@H](O)[C@@H](O)c2nnnn21. The Bertz CT molecular complexity index is 393. The van der Waals surface area contributed by atoms with Crippen LogP contribution in [0.3, 0.4) is 0 Å². The first-order chi connectivity index (χ1) is 7.04. The second-order valence-electron chi connectivity index (χ2n) is 3.19. The van der Waals surface area contributed by atoms with Gasteiger partial charge in [-0.05, 0) is 10.4 Å². The summed E-state index contributed by atoms with van der Waals surface area (Å²) in [5, 5.41) is 46.9. The van der Waals surface area contributed by atoms with Gasteiger partial charge in [-0.25, -0.2) is 9.48 Å². The smallest absolute Gasteiger partial charge is 0.331 e. The predicted molar refractivity (Wildman–Crippen MR) is 41.5 cm³/mol. The molecule has 0 saturated heterocycles. The molecule has 4 N–H and O–H groups in total. The van der Waals surface area contributed by atoms with Crippen molar-refractivity contribution in [2.75, 3.05) is 0 Å². The fraction of sp³-hybridized carbons (Fsp3) is 0.667. The van der Waals surface area contributed by atoms with Gasteiger partial charge in [0.15, 0.2) is 11.9 Å². The van der Waals surface area contributed by atoms with E-state index in [1.165, 1.54) is 0 Å². The van der Waals surface area contributed by atoms with Crippen molar-refractivity contribution < 1.29 is 25.2 Å². The molecule has 15 heavy (non-hydrogen) atoms. The molecule has 1 aliphatic heterocycles.